The molecule has 21 heavy (non-hydrogen) atoms. The van der Waals surface area contributed by atoms with Gasteiger partial charge in [0.15, 0.2) is 0 Å². The zero-order valence-corrected chi connectivity index (χ0v) is 12.4. The lowest BCUT2D eigenvalue weighted by Gasteiger charge is -2.25. The van der Waals surface area contributed by atoms with Gasteiger partial charge in [-0.25, -0.2) is 9.78 Å². The normalized spacial score (nSPS) is 18.4. The van der Waals surface area contributed by atoms with Crippen molar-refractivity contribution in [2.45, 2.75) is 38.9 Å². The Morgan fingerprint density at radius 1 is 1.48 bits per heavy atom. The van der Waals surface area contributed by atoms with Crippen LogP contribution in [0.4, 0.5) is 10.5 Å². The third kappa shape index (κ3) is 2.77. The molecule has 0 saturated heterocycles. The molecule has 0 fully saturated rings. The summed E-state index contributed by atoms with van der Waals surface area (Å²) in [5.74, 6) is 0. The topological polar surface area (TPSA) is 50.2 Å². The molecule has 3 rings (SSSR count). The molecule has 2 aromatic rings. The fraction of sp³-hybridized carbons (Fsp3) is 0.375. The maximum Gasteiger partial charge on any atom is 0.322 e. The molecule has 1 aliphatic rings. The first-order valence-electron chi connectivity index (χ1n) is 7.28. The molecule has 2 amide bonds. The van der Waals surface area contributed by atoms with E-state index in [0.717, 1.165) is 18.7 Å². The van der Waals surface area contributed by atoms with E-state index in [0.29, 0.717) is 0 Å². The van der Waals surface area contributed by atoms with Crippen LogP contribution < -0.4 is 10.2 Å². The number of benzene rings is 1. The molecule has 1 N–H and O–H groups in total. The van der Waals surface area contributed by atoms with Gasteiger partial charge in [-0.15, -0.1) is 0 Å². The van der Waals surface area contributed by atoms with Gasteiger partial charge in [-0.05, 0) is 31.9 Å². The van der Waals surface area contributed by atoms with E-state index in [4.69, 9.17) is 0 Å². The van der Waals surface area contributed by atoms with E-state index in [9.17, 15) is 4.79 Å². The maximum absolute atomic E-state index is 12.5. The van der Waals surface area contributed by atoms with Crippen LogP contribution in [-0.2, 0) is 13.0 Å². The van der Waals surface area contributed by atoms with Gasteiger partial charge >= 0.3 is 6.03 Å². The van der Waals surface area contributed by atoms with Crippen molar-refractivity contribution in [3.05, 3.63) is 48.5 Å². The Hall–Kier alpha value is -2.30. The second-order valence-electron chi connectivity index (χ2n) is 5.66. The maximum atomic E-state index is 12.5. The van der Waals surface area contributed by atoms with E-state index in [1.807, 2.05) is 40.8 Å². The summed E-state index contributed by atoms with van der Waals surface area (Å²) in [5.41, 5.74) is 2.26. The quantitative estimate of drug-likeness (QED) is 0.941. The smallest absolute Gasteiger partial charge is 0.322 e. The number of hydrogen-bond donors (Lipinski definition) is 1. The standard InChI is InChI=1S/C16H20N4O/c1-12(10-19-8-7-17-11-19)18-16(21)20-13(2)9-14-5-3-4-6-15(14)20/h3-8,11-13H,9-10H2,1-2H3,(H,18,21)/t12-,13+/m1/s1. The summed E-state index contributed by atoms with van der Waals surface area (Å²) in [4.78, 5) is 18.4. The van der Waals surface area contributed by atoms with Gasteiger partial charge < -0.3 is 9.88 Å². The van der Waals surface area contributed by atoms with Crippen LogP contribution in [0.3, 0.4) is 0 Å². The van der Waals surface area contributed by atoms with Crippen LogP contribution in [0.5, 0.6) is 0 Å². The average Bonchev–Trinajstić information content (AvgIpc) is 3.04. The van der Waals surface area contributed by atoms with Crippen LogP contribution in [0, 0.1) is 0 Å². The van der Waals surface area contributed by atoms with Crippen molar-refractivity contribution < 1.29 is 4.79 Å². The molecule has 5 nitrogen and oxygen atoms in total. The number of para-hydroxylation sites is 1. The Balaban J connectivity index is 1.68. The van der Waals surface area contributed by atoms with E-state index in [-0.39, 0.29) is 18.1 Å². The fourth-order valence-corrected chi connectivity index (χ4v) is 2.91. The van der Waals surface area contributed by atoms with E-state index in [1.54, 1.807) is 12.5 Å². The molecule has 1 aromatic heterocycles. The van der Waals surface area contributed by atoms with Crippen molar-refractivity contribution in [1.29, 1.82) is 0 Å². The van der Waals surface area contributed by atoms with Crippen molar-refractivity contribution in [2.75, 3.05) is 4.90 Å². The van der Waals surface area contributed by atoms with E-state index >= 15 is 0 Å². The lowest BCUT2D eigenvalue weighted by atomic mass is 10.1. The third-order valence-electron chi connectivity index (χ3n) is 3.84. The molecule has 110 valence electrons. The number of fused-ring (bicyclic) bond motifs is 1. The lowest BCUT2D eigenvalue weighted by molar-refractivity contribution is 0.241. The van der Waals surface area contributed by atoms with Gasteiger partial charge in [-0.2, -0.15) is 0 Å². The summed E-state index contributed by atoms with van der Waals surface area (Å²) in [5, 5.41) is 3.07. The number of carbonyl (C=O) groups excluding carboxylic acids is 1. The summed E-state index contributed by atoms with van der Waals surface area (Å²) >= 11 is 0. The van der Waals surface area contributed by atoms with E-state index < -0.39 is 0 Å². The zero-order valence-electron chi connectivity index (χ0n) is 12.4. The first kappa shape index (κ1) is 13.7. The van der Waals surface area contributed by atoms with Crippen molar-refractivity contribution in [1.82, 2.24) is 14.9 Å². The monoisotopic (exact) mass is 284 g/mol. The highest BCUT2D eigenvalue weighted by Crippen LogP contribution is 2.31. The van der Waals surface area contributed by atoms with Gasteiger partial charge in [0.05, 0.1) is 6.33 Å². The molecule has 0 saturated carbocycles. The Morgan fingerprint density at radius 2 is 2.29 bits per heavy atom. The Labute approximate surface area is 124 Å². The molecule has 0 radical (unpaired) electrons. The number of nitrogens with one attached hydrogen (secondary N) is 1. The molecular weight excluding hydrogens is 264 g/mol. The van der Waals surface area contributed by atoms with E-state index in [2.05, 4.69) is 23.3 Å². The molecule has 1 aliphatic heterocycles. The van der Waals surface area contributed by atoms with Crippen LogP contribution in [0.25, 0.3) is 0 Å². The fourth-order valence-electron chi connectivity index (χ4n) is 2.91. The minimum absolute atomic E-state index is 0.0277. The second-order valence-corrected chi connectivity index (χ2v) is 5.66. The van der Waals surface area contributed by atoms with Gasteiger partial charge in [-0.3, -0.25) is 4.90 Å². The minimum atomic E-state index is -0.0277. The number of nitrogens with zero attached hydrogens (tertiary/aromatic N) is 3. The van der Waals surface area contributed by atoms with Crippen molar-refractivity contribution in [3.8, 4) is 0 Å². The number of amides is 2. The molecule has 0 aliphatic carbocycles. The number of anilines is 1. The predicted octanol–water partition coefficient (Wildman–Crippen LogP) is 2.43. The molecule has 5 heteroatoms. The summed E-state index contributed by atoms with van der Waals surface area (Å²) in [6.45, 7) is 4.81. The SMILES string of the molecule is C[C@H](Cn1ccnc1)NC(=O)N1c2ccccc2C[C@@H]1C. The van der Waals surface area contributed by atoms with Crippen LogP contribution >= 0.6 is 0 Å². The Morgan fingerprint density at radius 3 is 3.05 bits per heavy atom. The highest BCUT2D eigenvalue weighted by Gasteiger charge is 2.30. The Bertz CT molecular complexity index is 623. The zero-order chi connectivity index (χ0) is 14.8. The minimum Gasteiger partial charge on any atom is -0.335 e. The van der Waals surface area contributed by atoms with Gasteiger partial charge in [0.25, 0.3) is 0 Å². The molecule has 2 atom stereocenters. The van der Waals surface area contributed by atoms with Gasteiger partial charge in [-0.1, -0.05) is 18.2 Å². The van der Waals surface area contributed by atoms with Crippen LogP contribution in [0.15, 0.2) is 43.0 Å². The number of imidazole rings is 1. The van der Waals surface area contributed by atoms with Crippen molar-refractivity contribution in [3.63, 3.8) is 0 Å². The third-order valence-corrected chi connectivity index (χ3v) is 3.84. The number of hydrogen-bond acceptors (Lipinski definition) is 2. The molecule has 0 bridgehead atoms. The summed E-state index contributed by atoms with van der Waals surface area (Å²) < 4.78 is 1.96. The van der Waals surface area contributed by atoms with Crippen molar-refractivity contribution in [2.24, 2.45) is 0 Å². The van der Waals surface area contributed by atoms with Crippen molar-refractivity contribution >= 4 is 11.7 Å². The molecule has 2 heterocycles. The van der Waals surface area contributed by atoms with Crippen LogP contribution in [0.2, 0.25) is 0 Å². The number of rotatable bonds is 3. The predicted molar refractivity (Wildman–Crippen MR) is 82.3 cm³/mol. The first-order valence-corrected chi connectivity index (χ1v) is 7.28. The molecule has 0 unspecified atom stereocenters. The summed E-state index contributed by atoms with van der Waals surface area (Å²) in [7, 11) is 0. The Kier molecular flexibility index (Phi) is 3.64. The number of aromatic nitrogens is 2. The van der Waals surface area contributed by atoms with Gasteiger partial charge in [0.1, 0.15) is 0 Å². The average molecular weight is 284 g/mol. The molecule has 1 aromatic carbocycles. The highest BCUT2D eigenvalue weighted by atomic mass is 16.2. The van der Waals surface area contributed by atoms with Gasteiger partial charge in [0.2, 0.25) is 0 Å². The van der Waals surface area contributed by atoms with Gasteiger partial charge in [0, 0.05) is 36.7 Å². The second kappa shape index (κ2) is 5.60. The van der Waals surface area contributed by atoms with Crippen LogP contribution in [0.1, 0.15) is 19.4 Å². The number of urea groups is 1. The number of carbonyl (C=O) groups is 1. The highest BCUT2D eigenvalue weighted by molar-refractivity contribution is 5.95. The first-order chi connectivity index (χ1) is 10.1. The molecule has 0 spiro atoms. The summed E-state index contributed by atoms with van der Waals surface area (Å²) in [6.07, 6.45) is 6.32. The lowest BCUT2D eigenvalue weighted by Crippen LogP contribution is -2.47. The van der Waals surface area contributed by atoms with Crippen LogP contribution in [-0.4, -0.2) is 27.7 Å². The summed E-state index contributed by atoms with van der Waals surface area (Å²) in [6, 6.07) is 8.32. The largest absolute Gasteiger partial charge is 0.335 e. The molecular formula is C16H20N4O. The van der Waals surface area contributed by atoms with E-state index in [1.165, 1.54) is 5.56 Å².